The van der Waals surface area contributed by atoms with E-state index in [-0.39, 0.29) is 0 Å². The van der Waals surface area contributed by atoms with Crippen LogP contribution in [0.25, 0.3) is 0 Å². The monoisotopic (exact) mass is 325 g/mol. The number of nitrogens with one attached hydrogen (secondary N) is 2. The molecule has 23 heavy (non-hydrogen) atoms. The summed E-state index contributed by atoms with van der Waals surface area (Å²) in [6.07, 6.45) is 5.20. The molecule has 2 N–H and O–H groups in total. The van der Waals surface area contributed by atoms with Crippen LogP contribution < -0.4 is 10.6 Å². The molecule has 5 nitrogen and oxygen atoms in total. The van der Waals surface area contributed by atoms with Gasteiger partial charge in [0.1, 0.15) is 0 Å². The van der Waals surface area contributed by atoms with E-state index in [4.69, 9.17) is 0 Å². The van der Waals surface area contributed by atoms with Crippen molar-refractivity contribution in [1.82, 2.24) is 20.4 Å². The molecule has 1 rings (SSSR count). The van der Waals surface area contributed by atoms with Crippen molar-refractivity contribution in [2.45, 2.75) is 52.5 Å². The minimum Gasteiger partial charge on any atom is -0.356 e. The Kier molecular flexibility index (Phi) is 8.92. The van der Waals surface area contributed by atoms with Crippen molar-refractivity contribution in [2.75, 3.05) is 53.9 Å². The SMILES string of the molecule is CCCCCC(C)(C)CNC(=NC)NCC1CN(C)CCN1C. The van der Waals surface area contributed by atoms with Crippen LogP contribution in [0.3, 0.4) is 0 Å². The molecule has 136 valence electrons. The van der Waals surface area contributed by atoms with Gasteiger partial charge in [-0.1, -0.05) is 40.0 Å². The first-order valence-corrected chi connectivity index (χ1v) is 9.21. The summed E-state index contributed by atoms with van der Waals surface area (Å²) >= 11 is 0. The lowest BCUT2D eigenvalue weighted by atomic mass is 9.87. The molecular weight excluding hydrogens is 286 g/mol. The zero-order chi connectivity index (χ0) is 17.3. The molecular formula is C18H39N5. The quantitative estimate of drug-likeness (QED) is 0.407. The van der Waals surface area contributed by atoms with E-state index in [9.17, 15) is 0 Å². The summed E-state index contributed by atoms with van der Waals surface area (Å²) in [6, 6.07) is 0.546. The Morgan fingerprint density at radius 1 is 1.17 bits per heavy atom. The van der Waals surface area contributed by atoms with E-state index in [0.29, 0.717) is 11.5 Å². The van der Waals surface area contributed by atoms with Crippen LogP contribution >= 0.6 is 0 Å². The highest BCUT2D eigenvalue weighted by atomic mass is 15.3. The van der Waals surface area contributed by atoms with E-state index in [2.05, 4.69) is 60.3 Å². The smallest absolute Gasteiger partial charge is 0.191 e. The van der Waals surface area contributed by atoms with Gasteiger partial charge in [0.25, 0.3) is 0 Å². The van der Waals surface area contributed by atoms with Crippen LogP contribution in [0, 0.1) is 5.41 Å². The van der Waals surface area contributed by atoms with Gasteiger partial charge < -0.3 is 15.5 Å². The van der Waals surface area contributed by atoms with Crippen LogP contribution in [-0.4, -0.2) is 75.7 Å². The third kappa shape index (κ3) is 8.02. The molecule has 0 aromatic carbocycles. The van der Waals surface area contributed by atoms with Crippen LogP contribution in [0.2, 0.25) is 0 Å². The van der Waals surface area contributed by atoms with Gasteiger partial charge in [0, 0.05) is 45.8 Å². The predicted molar refractivity (Wildman–Crippen MR) is 101 cm³/mol. The molecule has 5 heteroatoms. The summed E-state index contributed by atoms with van der Waals surface area (Å²) in [5.74, 6) is 0.926. The van der Waals surface area contributed by atoms with Gasteiger partial charge in [0.2, 0.25) is 0 Å². The summed E-state index contributed by atoms with van der Waals surface area (Å²) in [5, 5.41) is 7.01. The van der Waals surface area contributed by atoms with Crippen molar-refractivity contribution in [3.63, 3.8) is 0 Å². The number of rotatable bonds is 8. The van der Waals surface area contributed by atoms with Crippen LogP contribution in [-0.2, 0) is 0 Å². The molecule has 0 radical (unpaired) electrons. The first-order chi connectivity index (χ1) is 10.9. The number of guanidine groups is 1. The number of nitrogens with zero attached hydrogens (tertiary/aromatic N) is 3. The fourth-order valence-electron chi connectivity index (χ4n) is 3.02. The zero-order valence-corrected chi connectivity index (χ0v) is 16.3. The van der Waals surface area contributed by atoms with Crippen molar-refractivity contribution in [1.29, 1.82) is 0 Å². The molecule has 1 fully saturated rings. The van der Waals surface area contributed by atoms with Gasteiger partial charge in [-0.25, -0.2) is 0 Å². The van der Waals surface area contributed by atoms with Crippen LogP contribution in [0.1, 0.15) is 46.5 Å². The zero-order valence-electron chi connectivity index (χ0n) is 16.3. The molecule has 1 aliphatic heterocycles. The summed E-state index contributed by atoms with van der Waals surface area (Å²) in [5.41, 5.74) is 0.314. The van der Waals surface area contributed by atoms with Gasteiger partial charge in [-0.15, -0.1) is 0 Å². The molecule has 1 aliphatic rings. The van der Waals surface area contributed by atoms with Crippen molar-refractivity contribution in [2.24, 2.45) is 10.4 Å². The van der Waals surface area contributed by atoms with E-state index in [1.165, 1.54) is 25.7 Å². The van der Waals surface area contributed by atoms with Gasteiger partial charge in [-0.05, 0) is 25.9 Å². The number of likely N-dealkylation sites (N-methyl/N-ethyl adjacent to an activating group) is 2. The number of piperazine rings is 1. The first kappa shape index (κ1) is 20.2. The van der Waals surface area contributed by atoms with E-state index in [1.54, 1.807) is 0 Å². The molecule has 1 atom stereocenters. The maximum absolute atomic E-state index is 4.38. The Labute approximate surface area is 143 Å². The summed E-state index contributed by atoms with van der Waals surface area (Å²) in [6.45, 7) is 12.3. The summed E-state index contributed by atoms with van der Waals surface area (Å²) in [7, 11) is 6.27. The Bertz CT molecular complexity index is 353. The van der Waals surface area contributed by atoms with Gasteiger partial charge in [0.05, 0.1) is 0 Å². The number of unbranched alkanes of at least 4 members (excludes halogenated alkanes) is 2. The second-order valence-electron chi connectivity index (χ2n) is 7.82. The Hall–Kier alpha value is -0.810. The van der Waals surface area contributed by atoms with Crippen molar-refractivity contribution in [3.05, 3.63) is 0 Å². The highest BCUT2D eigenvalue weighted by Gasteiger charge is 2.22. The first-order valence-electron chi connectivity index (χ1n) is 9.21. The second kappa shape index (κ2) is 10.1. The fourth-order valence-corrected chi connectivity index (χ4v) is 3.02. The predicted octanol–water partition coefficient (Wildman–Crippen LogP) is 2.00. The van der Waals surface area contributed by atoms with Crippen LogP contribution in [0.4, 0.5) is 0 Å². The van der Waals surface area contributed by atoms with E-state index >= 15 is 0 Å². The summed E-state index contributed by atoms with van der Waals surface area (Å²) in [4.78, 5) is 9.22. The number of aliphatic imine (C=N–C) groups is 1. The Morgan fingerprint density at radius 2 is 1.91 bits per heavy atom. The molecule has 1 saturated heterocycles. The lowest BCUT2D eigenvalue weighted by Crippen LogP contribution is -2.55. The van der Waals surface area contributed by atoms with E-state index in [0.717, 1.165) is 38.7 Å². The molecule has 0 aromatic heterocycles. The maximum Gasteiger partial charge on any atom is 0.191 e. The van der Waals surface area contributed by atoms with Crippen LogP contribution in [0.5, 0.6) is 0 Å². The molecule has 0 bridgehead atoms. The van der Waals surface area contributed by atoms with E-state index < -0.39 is 0 Å². The molecule has 0 aromatic rings. The van der Waals surface area contributed by atoms with Crippen molar-refractivity contribution in [3.8, 4) is 0 Å². The van der Waals surface area contributed by atoms with Gasteiger partial charge in [-0.2, -0.15) is 0 Å². The molecule has 0 amide bonds. The number of hydrogen-bond acceptors (Lipinski definition) is 3. The summed E-state index contributed by atoms with van der Waals surface area (Å²) < 4.78 is 0. The van der Waals surface area contributed by atoms with Gasteiger partial charge in [-0.3, -0.25) is 9.89 Å². The number of hydrogen-bond donors (Lipinski definition) is 2. The third-order valence-corrected chi connectivity index (χ3v) is 4.90. The minimum absolute atomic E-state index is 0.314. The van der Waals surface area contributed by atoms with Crippen molar-refractivity contribution < 1.29 is 0 Å². The van der Waals surface area contributed by atoms with E-state index in [1.807, 2.05) is 7.05 Å². The van der Waals surface area contributed by atoms with Crippen LogP contribution in [0.15, 0.2) is 4.99 Å². The minimum atomic E-state index is 0.314. The maximum atomic E-state index is 4.38. The largest absolute Gasteiger partial charge is 0.356 e. The Morgan fingerprint density at radius 3 is 2.57 bits per heavy atom. The van der Waals surface area contributed by atoms with Gasteiger partial charge >= 0.3 is 0 Å². The average Bonchev–Trinajstić information content (AvgIpc) is 2.50. The molecule has 0 spiro atoms. The highest BCUT2D eigenvalue weighted by Crippen LogP contribution is 2.22. The molecule has 1 unspecified atom stereocenters. The standard InChI is InChI=1S/C18H39N5/c1-7-8-9-10-18(2,3)15-21-17(19-4)20-13-16-14-22(5)11-12-23(16)6/h16H,7-15H2,1-6H3,(H2,19,20,21). The topological polar surface area (TPSA) is 42.9 Å². The highest BCUT2D eigenvalue weighted by molar-refractivity contribution is 5.79. The average molecular weight is 326 g/mol. The fraction of sp³-hybridized carbons (Fsp3) is 0.944. The lowest BCUT2D eigenvalue weighted by Gasteiger charge is -2.38. The van der Waals surface area contributed by atoms with Gasteiger partial charge in [0.15, 0.2) is 5.96 Å². The molecule has 1 heterocycles. The Balaban J connectivity index is 2.34. The molecule has 0 aliphatic carbocycles. The normalized spacial score (nSPS) is 21.5. The third-order valence-electron chi connectivity index (χ3n) is 4.90. The van der Waals surface area contributed by atoms with Crippen molar-refractivity contribution >= 4 is 5.96 Å². The second-order valence-corrected chi connectivity index (χ2v) is 7.82. The molecule has 0 saturated carbocycles. The lowest BCUT2D eigenvalue weighted by molar-refractivity contribution is 0.116.